The van der Waals surface area contributed by atoms with Gasteiger partial charge in [0.05, 0.1) is 35.7 Å². The number of morpholine rings is 1. The molecular formula is C23H27N5O4. The zero-order valence-electron chi connectivity index (χ0n) is 18.3. The first-order chi connectivity index (χ1) is 15.5. The topological polar surface area (TPSA) is 109 Å². The highest BCUT2D eigenvalue weighted by molar-refractivity contribution is 6.46. The van der Waals surface area contributed by atoms with E-state index in [4.69, 9.17) is 4.74 Å². The van der Waals surface area contributed by atoms with Crippen LogP contribution < -0.4 is 0 Å². The van der Waals surface area contributed by atoms with Crippen LogP contribution in [0.4, 0.5) is 0 Å². The van der Waals surface area contributed by atoms with E-state index in [9.17, 15) is 14.7 Å². The molecule has 1 unspecified atom stereocenters. The molecule has 0 saturated carbocycles. The Bertz CT molecular complexity index is 1030. The van der Waals surface area contributed by atoms with Gasteiger partial charge in [-0.25, -0.2) is 9.97 Å². The lowest BCUT2D eigenvalue weighted by atomic mass is 9.98. The third-order valence-corrected chi connectivity index (χ3v) is 5.84. The number of ketones is 1. The molecule has 1 N–H and O–H groups in total. The normalized spacial score (nSPS) is 21.3. The highest BCUT2D eigenvalue weighted by atomic mass is 16.5. The van der Waals surface area contributed by atoms with Gasteiger partial charge in [0.2, 0.25) is 0 Å². The van der Waals surface area contributed by atoms with E-state index in [-0.39, 0.29) is 11.3 Å². The summed E-state index contributed by atoms with van der Waals surface area (Å²) in [5, 5.41) is 11.1. The van der Waals surface area contributed by atoms with Crippen LogP contribution in [0.2, 0.25) is 0 Å². The second-order valence-electron chi connectivity index (χ2n) is 7.97. The van der Waals surface area contributed by atoms with Gasteiger partial charge < -0.3 is 14.7 Å². The van der Waals surface area contributed by atoms with Gasteiger partial charge in [0.1, 0.15) is 17.6 Å². The molecule has 1 amide bonds. The number of aliphatic hydroxyl groups excluding tert-OH is 1. The predicted octanol–water partition coefficient (Wildman–Crippen LogP) is 1.63. The van der Waals surface area contributed by atoms with Crippen molar-refractivity contribution >= 4 is 17.4 Å². The van der Waals surface area contributed by atoms with Crippen LogP contribution in [0.25, 0.3) is 5.76 Å². The number of rotatable bonds is 6. The highest BCUT2D eigenvalue weighted by Gasteiger charge is 2.46. The van der Waals surface area contributed by atoms with Gasteiger partial charge in [-0.2, -0.15) is 0 Å². The number of pyridine rings is 1. The second-order valence-corrected chi connectivity index (χ2v) is 7.97. The average Bonchev–Trinajstić information content (AvgIpc) is 3.05. The third kappa shape index (κ3) is 4.39. The van der Waals surface area contributed by atoms with Gasteiger partial charge in [-0.05, 0) is 32.4 Å². The summed E-state index contributed by atoms with van der Waals surface area (Å²) < 4.78 is 5.38. The van der Waals surface area contributed by atoms with Gasteiger partial charge in [-0.15, -0.1) is 0 Å². The molecule has 0 bridgehead atoms. The Labute approximate surface area is 186 Å². The first-order valence-corrected chi connectivity index (χ1v) is 10.8. The first kappa shape index (κ1) is 22.0. The Morgan fingerprint density at radius 2 is 1.94 bits per heavy atom. The number of aliphatic hydroxyl groups is 1. The molecule has 32 heavy (non-hydrogen) atoms. The molecule has 1 atom stereocenters. The van der Waals surface area contributed by atoms with E-state index >= 15 is 0 Å². The van der Waals surface area contributed by atoms with Gasteiger partial charge in [0.25, 0.3) is 11.7 Å². The SMILES string of the molecule is Cc1ncc(/C(O)=C2\C(=O)C(=O)N(CCCN3CCOCC3)C2c2ccccn2)c(C)n1. The Kier molecular flexibility index (Phi) is 6.57. The molecule has 2 aromatic heterocycles. The van der Waals surface area contributed by atoms with Crippen LogP contribution in [0.5, 0.6) is 0 Å². The van der Waals surface area contributed by atoms with Gasteiger partial charge in [0, 0.05) is 38.6 Å². The lowest BCUT2D eigenvalue weighted by molar-refractivity contribution is -0.140. The van der Waals surface area contributed by atoms with Crippen molar-refractivity contribution in [3.8, 4) is 0 Å². The van der Waals surface area contributed by atoms with E-state index < -0.39 is 17.7 Å². The van der Waals surface area contributed by atoms with Crippen molar-refractivity contribution in [3.63, 3.8) is 0 Å². The van der Waals surface area contributed by atoms with E-state index in [2.05, 4.69) is 19.9 Å². The fourth-order valence-electron chi connectivity index (χ4n) is 4.21. The van der Waals surface area contributed by atoms with E-state index in [0.29, 0.717) is 49.0 Å². The molecule has 2 aromatic rings. The molecule has 4 rings (SSSR count). The molecule has 2 saturated heterocycles. The lowest BCUT2D eigenvalue weighted by Crippen LogP contribution is -2.39. The number of ether oxygens (including phenoxy) is 1. The summed E-state index contributed by atoms with van der Waals surface area (Å²) in [6.45, 7) is 7.78. The Balaban J connectivity index is 1.67. The Morgan fingerprint density at radius 1 is 1.16 bits per heavy atom. The summed E-state index contributed by atoms with van der Waals surface area (Å²) >= 11 is 0. The zero-order chi connectivity index (χ0) is 22.7. The molecule has 2 aliphatic rings. The quantitative estimate of drug-likeness (QED) is 0.413. The van der Waals surface area contributed by atoms with Gasteiger partial charge in [0.15, 0.2) is 0 Å². The van der Waals surface area contributed by atoms with Crippen LogP contribution in [0.15, 0.2) is 36.2 Å². The van der Waals surface area contributed by atoms with E-state index in [1.165, 1.54) is 11.1 Å². The second kappa shape index (κ2) is 9.54. The number of Topliss-reactive ketones (excluding diaryl/α,β-unsaturated/α-hetero) is 1. The minimum atomic E-state index is -0.762. The van der Waals surface area contributed by atoms with Gasteiger partial charge in [-0.1, -0.05) is 6.07 Å². The number of likely N-dealkylation sites (tertiary alicyclic amines) is 1. The molecule has 2 fully saturated rings. The largest absolute Gasteiger partial charge is 0.507 e. The number of carbonyl (C=O) groups is 2. The van der Waals surface area contributed by atoms with Crippen molar-refractivity contribution in [2.75, 3.05) is 39.4 Å². The maximum Gasteiger partial charge on any atom is 0.295 e. The summed E-state index contributed by atoms with van der Waals surface area (Å²) in [5.41, 5.74) is 1.43. The van der Waals surface area contributed by atoms with E-state index in [1.54, 1.807) is 38.2 Å². The fourth-order valence-corrected chi connectivity index (χ4v) is 4.21. The zero-order valence-corrected chi connectivity index (χ0v) is 18.3. The van der Waals surface area contributed by atoms with Crippen molar-refractivity contribution in [1.82, 2.24) is 24.8 Å². The standard InChI is InChI=1S/C23H27N5O4/c1-15-17(14-25-16(2)26-15)21(29)19-20(18-6-3-4-7-24-18)28(23(31)22(19)30)9-5-8-27-10-12-32-13-11-27/h3-4,6-7,14,20,29H,5,8-13H2,1-2H3/b21-19+. The summed E-state index contributed by atoms with van der Waals surface area (Å²) in [5.74, 6) is -1.06. The van der Waals surface area contributed by atoms with Crippen LogP contribution in [0.1, 0.15) is 35.2 Å². The number of hydrogen-bond donors (Lipinski definition) is 1. The number of aromatic nitrogens is 3. The van der Waals surface area contributed by atoms with Crippen molar-refractivity contribution < 1.29 is 19.4 Å². The first-order valence-electron chi connectivity index (χ1n) is 10.8. The van der Waals surface area contributed by atoms with E-state index in [1.807, 2.05) is 0 Å². The molecule has 9 heteroatoms. The Hall–Kier alpha value is -3.17. The molecule has 0 aliphatic carbocycles. The Morgan fingerprint density at radius 3 is 2.62 bits per heavy atom. The molecule has 168 valence electrons. The summed E-state index contributed by atoms with van der Waals surface area (Å²) in [6.07, 6.45) is 3.79. The van der Waals surface area contributed by atoms with E-state index in [0.717, 1.165) is 19.6 Å². The molecule has 2 aliphatic heterocycles. The van der Waals surface area contributed by atoms with Crippen molar-refractivity contribution in [2.45, 2.75) is 26.3 Å². The van der Waals surface area contributed by atoms with Crippen LogP contribution in [-0.2, 0) is 14.3 Å². The van der Waals surface area contributed by atoms with Crippen LogP contribution in [-0.4, -0.2) is 80.9 Å². The minimum absolute atomic E-state index is 0.0237. The molecule has 4 heterocycles. The number of aryl methyl sites for hydroxylation is 2. The van der Waals surface area contributed by atoms with Crippen LogP contribution in [0.3, 0.4) is 0 Å². The number of hydrogen-bond acceptors (Lipinski definition) is 8. The summed E-state index contributed by atoms with van der Waals surface area (Å²) in [6, 6.07) is 4.57. The molecule has 0 aromatic carbocycles. The summed E-state index contributed by atoms with van der Waals surface area (Å²) in [7, 11) is 0. The predicted molar refractivity (Wildman–Crippen MR) is 117 cm³/mol. The third-order valence-electron chi connectivity index (χ3n) is 5.84. The maximum atomic E-state index is 13.1. The molecule has 9 nitrogen and oxygen atoms in total. The lowest BCUT2D eigenvalue weighted by Gasteiger charge is -2.28. The number of carbonyl (C=O) groups excluding carboxylic acids is 2. The molecule has 0 spiro atoms. The maximum absolute atomic E-state index is 13.1. The monoisotopic (exact) mass is 437 g/mol. The fraction of sp³-hybridized carbons (Fsp3) is 0.435. The minimum Gasteiger partial charge on any atom is -0.507 e. The van der Waals surface area contributed by atoms with Crippen LogP contribution in [0, 0.1) is 13.8 Å². The number of nitrogens with zero attached hydrogens (tertiary/aromatic N) is 5. The van der Waals surface area contributed by atoms with Crippen molar-refractivity contribution in [2.24, 2.45) is 0 Å². The molecular weight excluding hydrogens is 410 g/mol. The van der Waals surface area contributed by atoms with Crippen LogP contribution >= 0.6 is 0 Å². The average molecular weight is 438 g/mol. The van der Waals surface area contributed by atoms with Gasteiger partial charge >= 0.3 is 0 Å². The highest BCUT2D eigenvalue weighted by Crippen LogP contribution is 2.38. The van der Waals surface area contributed by atoms with Crippen molar-refractivity contribution in [1.29, 1.82) is 0 Å². The smallest absolute Gasteiger partial charge is 0.295 e. The summed E-state index contributed by atoms with van der Waals surface area (Å²) in [4.78, 5) is 42.7. The van der Waals surface area contributed by atoms with Crippen molar-refractivity contribution in [3.05, 3.63) is 58.9 Å². The van der Waals surface area contributed by atoms with Gasteiger partial charge in [-0.3, -0.25) is 19.5 Å². The number of amides is 1. The molecule has 0 radical (unpaired) electrons.